The average molecular weight is 238 g/mol. The van der Waals surface area contributed by atoms with Crippen LogP contribution in [0.25, 0.3) is 0 Å². The molecule has 2 atom stereocenters. The highest BCUT2D eigenvalue weighted by molar-refractivity contribution is 7.10. The number of carbonyl (C=O) groups excluding carboxylic acids is 1. The zero-order valence-electron chi connectivity index (χ0n) is 9.75. The summed E-state index contributed by atoms with van der Waals surface area (Å²) in [6.07, 6.45) is 0. The maximum absolute atomic E-state index is 11.9. The van der Waals surface area contributed by atoms with Crippen LogP contribution in [0.3, 0.4) is 0 Å². The Hall–Kier alpha value is -0.870. The van der Waals surface area contributed by atoms with Gasteiger partial charge in [0.05, 0.1) is 12.5 Å². The van der Waals surface area contributed by atoms with Crippen molar-refractivity contribution < 1.29 is 4.79 Å². The van der Waals surface area contributed by atoms with Crippen LogP contribution in [-0.4, -0.2) is 19.0 Å². The molecule has 1 aliphatic rings. The van der Waals surface area contributed by atoms with E-state index in [2.05, 4.69) is 35.9 Å². The van der Waals surface area contributed by atoms with Gasteiger partial charge in [-0.2, -0.15) is 0 Å². The van der Waals surface area contributed by atoms with E-state index < -0.39 is 0 Å². The normalized spacial score (nSPS) is 24.6. The predicted octanol–water partition coefficient (Wildman–Crippen LogP) is 1.53. The van der Waals surface area contributed by atoms with Gasteiger partial charge < -0.3 is 10.6 Å². The minimum absolute atomic E-state index is 0.139. The standard InChI is InChI=1S/C12H18N2OS/c1-8-3-4-16-11(8)7-14-12(15)10-6-13-5-9(10)2/h3-4,9-10,13H,5-7H2,1-2H3,(H,14,15). The first-order chi connectivity index (χ1) is 7.68. The molecule has 2 rings (SSSR count). The molecule has 1 aromatic heterocycles. The average Bonchev–Trinajstić information content (AvgIpc) is 2.84. The van der Waals surface area contributed by atoms with Crippen molar-refractivity contribution in [2.24, 2.45) is 11.8 Å². The van der Waals surface area contributed by atoms with Crippen molar-refractivity contribution in [2.75, 3.05) is 13.1 Å². The van der Waals surface area contributed by atoms with Gasteiger partial charge >= 0.3 is 0 Å². The van der Waals surface area contributed by atoms with Crippen molar-refractivity contribution in [2.45, 2.75) is 20.4 Å². The zero-order valence-corrected chi connectivity index (χ0v) is 10.6. The molecule has 2 heterocycles. The summed E-state index contributed by atoms with van der Waals surface area (Å²) in [6, 6.07) is 2.09. The third kappa shape index (κ3) is 2.44. The van der Waals surface area contributed by atoms with Crippen molar-refractivity contribution in [3.63, 3.8) is 0 Å². The maximum Gasteiger partial charge on any atom is 0.225 e. The SMILES string of the molecule is Cc1ccsc1CNC(=O)C1CNCC1C. The maximum atomic E-state index is 11.9. The molecular formula is C12H18N2OS. The Balaban J connectivity index is 1.86. The number of amides is 1. The summed E-state index contributed by atoms with van der Waals surface area (Å²) in [5, 5.41) is 8.35. The highest BCUT2D eigenvalue weighted by atomic mass is 32.1. The van der Waals surface area contributed by atoms with Gasteiger partial charge in [-0.25, -0.2) is 0 Å². The lowest BCUT2D eigenvalue weighted by Gasteiger charge is -2.13. The summed E-state index contributed by atoms with van der Waals surface area (Å²) < 4.78 is 0. The van der Waals surface area contributed by atoms with Crippen molar-refractivity contribution >= 4 is 17.2 Å². The number of aryl methyl sites for hydroxylation is 1. The Bertz CT molecular complexity index is 375. The molecular weight excluding hydrogens is 220 g/mol. The monoisotopic (exact) mass is 238 g/mol. The molecule has 88 valence electrons. The quantitative estimate of drug-likeness (QED) is 0.838. The van der Waals surface area contributed by atoms with Crippen molar-refractivity contribution in [1.29, 1.82) is 0 Å². The molecule has 4 heteroatoms. The molecule has 1 amide bonds. The summed E-state index contributed by atoms with van der Waals surface area (Å²) >= 11 is 1.70. The van der Waals surface area contributed by atoms with Crippen LogP contribution in [0, 0.1) is 18.8 Å². The van der Waals surface area contributed by atoms with E-state index in [1.165, 1.54) is 10.4 Å². The van der Waals surface area contributed by atoms with Crippen LogP contribution in [-0.2, 0) is 11.3 Å². The second-order valence-corrected chi connectivity index (χ2v) is 5.49. The topological polar surface area (TPSA) is 41.1 Å². The van der Waals surface area contributed by atoms with E-state index >= 15 is 0 Å². The van der Waals surface area contributed by atoms with Gasteiger partial charge in [0.25, 0.3) is 0 Å². The van der Waals surface area contributed by atoms with E-state index in [0.29, 0.717) is 12.5 Å². The first-order valence-corrected chi connectivity index (χ1v) is 6.58. The Labute approximate surface area is 100 Å². The summed E-state index contributed by atoms with van der Waals surface area (Å²) in [7, 11) is 0. The highest BCUT2D eigenvalue weighted by Gasteiger charge is 2.29. The lowest BCUT2D eigenvalue weighted by Crippen LogP contribution is -2.33. The van der Waals surface area contributed by atoms with Crippen LogP contribution < -0.4 is 10.6 Å². The molecule has 1 aromatic rings. The van der Waals surface area contributed by atoms with Crippen LogP contribution in [0.1, 0.15) is 17.4 Å². The Morgan fingerprint density at radius 2 is 2.44 bits per heavy atom. The van der Waals surface area contributed by atoms with E-state index in [1.807, 2.05) is 0 Å². The molecule has 16 heavy (non-hydrogen) atoms. The minimum Gasteiger partial charge on any atom is -0.351 e. The van der Waals surface area contributed by atoms with Gasteiger partial charge in [0.1, 0.15) is 0 Å². The first kappa shape index (κ1) is 11.6. The summed E-state index contributed by atoms with van der Waals surface area (Å²) in [4.78, 5) is 13.2. The molecule has 0 aliphatic carbocycles. The molecule has 0 bridgehead atoms. The van der Waals surface area contributed by atoms with Crippen LogP contribution in [0.4, 0.5) is 0 Å². The van der Waals surface area contributed by atoms with E-state index in [0.717, 1.165) is 13.1 Å². The number of thiophene rings is 1. The van der Waals surface area contributed by atoms with Crippen molar-refractivity contribution in [3.05, 3.63) is 21.9 Å². The largest absolute Gasteiger partial charge is 0.351 e. The van der Waals surface area contributed by atoms with E-state index in [-0.39, 0.29) is 11.8 Å². The van der Waals surface area contributed by atoms with Gasteiger partial charge in [0.2, 0.25) is 5.91 Å². The third-order valence-corrected chi connectivity index (χ3v) is 4.27. The Morgan fingerprint density at radius 3 is 3.00 bits per heavy atom. The van der Waals surface area contributed by atoms with E-state index in [1.54, 1.807) is 11.3 Å². The van der Waals surface area contributed by atoms with Gasteiger partial charge in [0, 0.05) is 11.4 Å². The molecule has 1 saturated heterocycles. The Morgan fingerprint density at radius 1 is 1.62 bits per heavy atom. The fourth-order valence-corrected chi connectivity index (χ4v) is 2.89. The molecule has 1 fully saturated rings. The summed E-state index contributed by atoms with van der Waals surface area (Å²) in [6.45, 7) is 6.65. The Kier molecular flexibility index (Phi) is 3.61. The fraction of sp³-hybridized carbons (Fsp3) is 0.583. The fourth-order valence-electron chi connectivity index (χ4n) is 2.04. The summed E-state index contributed by atoms with van der Waals surface area (Å²) in [5.41, 5.74) is 1.27. The number of hydrogen-bond acceptors (Lipinski definition) is 3. The predicted molar refractivity (Wildman–Crippen MR) is 66.4 cm³/mol. The van der Waals surface area contributed by atoms with Crippen LogP contribution in [0.15, 0.2) is 11.4 Å². The van der Waals surface area contributed by atoms with Gasteiger partial charge in [-0.05, 0) is 36.4 Å². The summed E-state index contributed by atoms with van der Waals surface area (Å²) in [5.74, 6) is 0.773. The van der Waals surface area contributed by atoms with Gasteiger partial charge in [0.15, 0.2) is 0 Å². The van der Waals surface area contributed by atoms with E-state index in [4.69, 9.17) is 0 Å². The molecule has 2 N–H and O–H groups in total. The smallest absolute Gasteiger partial charge is 0.225 e. The first-order valence-electron chi connectivity index (χ1n) is 5.70. The van der Waals surface area contributed by atoms with E-state index in [9.17, 15) is 4.79 Å². The van der Waals surface area contributed by atoms with Crippen LogP contribution in [0.5, 0.6) is 0 Å². The molecule has 0 spiro atoms. The lowest BCUT2D eigenvalue weighted by atomic mass is 9.97. The zero-order chi connectivity index (χ0) is 11.5. The number of rotatable bonds is 3. The molecule has 1 aliphatic heterocycles. The number of hydrogen-bond donors (Lipinski definition) is 2. The second-order valence-electron chi connectivity index (χ2n) is 4.49. The molecule has 3 nitrogen and oxygen atoms in total. The lowest BCUT2D eigenvalue weighted by molar-refractivity contribution is -0.125. The third-order valence-electron chi connectivity index (χ3n) is 3.25. The molecule has 0 radical (unpaired) electrons. The molecule has 0 saturated carbocycles. The van der Waals surface area contributed by atoms with Gasteiger partial charge in [-0.15, -0.1) is 11.3 Å². The second kappa shape index (κ2) is 4.97. The molecule has 2 unspecified atom stereocenters. The molecule has 0 aromatic carbocycles. The van der Waals surface area contributed by atoms with Crippen molar-refractivity contribution in [3.8, 4) is 0 Å². The van der Waals surface area contributed by atoms with Gasteiger partial charge in [-0.3, -0.25) is 4.79 Å². The van der Waals surface area contributed by atoms with Gasteiger partial charge in [-0.1, -0.05) is 6.92 Å². The minimum atomic E-state index is 0.139. The van der Waals surface area contributed by atoms with Crippen LogP contribution in [0.2, 0.25) is 0 Å². The number of carbonyl (C=O) groups is 1. The van der Waals surface area contributed by atoms with Crippen LogP contribution >= 0.6 is 11.3 Å². The van der Waals surface area contributed by atoms with Crippen molar-refractivity contribution in [1.82, 2.24) is 10.6 Å². The highest BCUT2D eigenvalue weighted by Crippen LogP contribution is 2.18. The number of nitrogens with one attached hydrogen (secondary N) is 2.